The summed E-state index contributed by atoms with van der Waals surface area (Å²) >= 11 is 0. The Bertz CT molecular complexity index is 519. The Morgan fingerprint density at radius 3 is 2.60 bits per heavy atom. The highest BCUT2D eigenvalue weighted by Gasteiger charge is 2.49. The molecule has 6 heteroatoms. The van der Waals surface area contributed by atoms with E-state index in [-0.39, 0.29) is 29.1 Å². The van der Waals surface area contributed by atoms with E-state index in [0.717, 1.165) is 6.42 Å². The molecule has 1 fully saturated rings. The molecule has 2 atom stereocenters. The zero-order valence-electron chi connectivity index (χ0n) is 11.8. The average molecular weight is 281 g/mol. The number of rotatable bonds is 5. The van der Waals surface area contributed by atoms with E-state index in [2.05, 4.69) is 5.32 Å². The van der Waals surface area contributed by atoms with Crippen LogP contribution in [0, 0.1) is 5.41 Å². The fourth-order valence-corrected chi connectivity index (χ4v) is 2.42. The van der Waals surface area contributed by atoms with Gasteiger partial charge < -0.3 is 19.6 Å². The lowest BCUT2D eigenvalue weighted by Gasteiger charge is -2.51. The summed E-state index contributed by atoms with van der Waals surface area (Å²) in [7, 11) is 0. The van der Waals surface area contributed by atoms with E-state index in [1.807, 2.05) is 20.8 Å². The predicted molar refractivity (Wildman–Crippen MR) is 70.7 cm³/mol. The number of nitrogens with one attached hydrogen (secondary N) is 1. The maximum absolute atomic E-state index is 12.0. The number of ether oxygens (including phenoxy) is 1. The summed E-state index contributed by atoms with van der Waals surface area (Å²) in [6.07, 6.45) is 0.878. The molecular formula is C14H19NO5. The Hall–Kier alpha value is -1.82. The number of aromatic carboxylic acids is 1. The van der Waals surface area contributed by atoms with Gasteiger partial charge in [0.2, 0.25) is 5.76 Å². The van der Waals surface area contributed by atoms with E-state index in [1.165, 1.54) is 12.1 Å². The summed E-state index contributed by atoms with van der Waals surface area (Å²) < 4.78 is 10.6. The number of hydrogen-bond acceptors (Lipinski definition) is 4. The van der Waals surface area contributed by atoms with Crippen LogP contribution in [0.15, 0.2) is 16.5 Å². The molecule has 2 N–H and O–H groups in total. The molecule has 1 saturated carbocycles. The second-order valence-corrected chi connectivity index (χ2v) is 5.50. The molecule has 6 nitrogen and oxygen atoms in total. The zero-order valence-corrected chi connectivity index (χ0v) is 11.8. The number of hydrogen-bond donors (Lipinski definition) is 2. The van der Waals surface area contributed by atoms with Crippen LogP contribution in [0.3, 0.4) is 0 Å². The minimum Gasteiger partial charge on any atom is -0.475 e. The largest absolute Gasteiger partial charge is 0.475 e. The molecule has 0 bridgehead atoms. The number of carbonyl (C=O) groups excluding carboxylic acids is 1. The standard InChI is InChI=1S/C14H19NO5/c1-4-19-11-7-10(14(11,2)3)15-12(16)8-5-6-9(20-8)13(17)18/h5-6,10-11H,4,7H2,1-3H3,(H,15,16)(H,17,18). The van der Waals surface area contributed by atoms with Gasteiger partial charge in [-0.1, -0.05) is 13.8 Å². The lowest BCUT2D eigenvalue weighted by molar-refractivity contribution is -0.111. The fourth-order valence-electron chi connectivity index (χ4n) is 2.42. The molecule has 0 spiro atoms. The number of carbonyl (C=O) groups is 2. The second kappa shape index (κ2) is 5.28. The van der Waals surface area contributed by atoms with E-state index in [4.69, 9.17) is 14.3 Å². The molecule has 2 unspecified atom stereocenters. The molecule has 0 saturated heterocycles. The number of amides is 1. The Labute approximate surface area is 117 Å². The summed E-state index contributed by atoms with van der Waals surface area (Å²) in [5.41, 5.74) is -0.145. The van der Waals surface area contributed by atoms with E-state index < -0.39 is 11.9 Å². The minimum atomic E-state index is -1.19. The average Bonchev–Trinajstić information content (AvgIpc) is 2.87. The maximum atomic E-state index is 12.0. The summed E-state index contributed by atoms with van der Waals surface area (Å²) in [6, 6.07) is 2.63. The second-order valence-electron chi connectivity index (χ2n) is 5.50. The fraction of sp³-hybridized carbons (Fsp3) is 0.571. The normalized spacial score (nSPS) is 23.9. The van der Waals surface area contributed by atoms with Gasteiger partial charge in [0.05, 0.1) is 6.10 Å². The van der Waals surface area contributed by atoms with Gasteiger partial charge in [0.25, 0.3) is 5.91 Å². The third kappa shape index (κ3) is 2.56. The van der Waals surface area contributed by atoms with Crippen LogP contribution in [0.2, 0.25) is 0 Å². The van der Waals surface area contributed by atoms with Gasteiger partial charge in [0, 0.05) is 18.1 Å². The summed E-state index contributed by atoms with van der Waals surface area (Å²) in [5, 5.41) is 11.6. The molecule has 1 aromatic rings. The molecule has 1 aliphatic carbocycles. The number of carboxylic acids is 1. The van der Waals surface area contributed by atoms with Crippen LogP contribution in [0.1, 0.15) is 48.3 Å². The van der Waals surface area contributed by atoms with Crippen molar-refractivity contribution in [3.8, 4) is 0 Å². The van der Waals surface area contributed by atoms with Gasteiger partial charge in [-0.05, 0) is 25.5 Å². The van der Waals surface area contributed by atoms with Crippen LogP contribution in [0.5, 0.6) is 0 Å². The third-order valence-electron chi connectivity index (χ3n) is 3.89. The lowest BCUT2D eigenvalue weighted by atomic mass is 9.64. The van der Waals surface area contributed by atoms with Gasteiger partial charge in [-0.25, -0.2) is 4.79 Å². The van der Waals surface area contributed by atoms with Gasteiger partial charge in [0.15, 0.2) is 5.76 Å². The first kappa shape index (κ1) is 14.6. The SMILES string of the molecule is CCOC1CC(NC(=O)c2ccc(C(=O)O)o2)C1(C)C. The monoisotopic (exact) mass is 281 g/mol. The molecule has 2 rings (SSSR count). The maximum Gasteiger partial charge on any atom is 0.371 e. The minimum absolute atomic E-state index is 0.00933. The summed E-state index contributed by atoms with van der Waals surface area (Å²) in [6.45, 7) is 6.66. The highest BCUT2D eigenvalue weighted by Crippen LogP contribution is 2.42. The highest BCUT2D eigenvalue weighted by molar-refractivity contribution is 5.93. The molecular weight excluding hydrogens is 262 g/mol. The van der Waals surface area contributed by atoms with E-state index in [0.29, 0.717) is 6.61 Å². The first-order valence-electron chi connectivity index (χ1n) is 6.61. The number of furan rings is 1. The molecule has 1 amide bonds. The Kier molecular flexibility index (Phi) is 3.85. The van der Waals surface area contributed by atoms with Crippen LogP contribution >= 0.6 is 0 Å². The molecule has 1 heterocycles. The molecule has 0 aliphatic heterocycles. The molecule has 0 radical (unpaired) electrons. The van der Waals surface area contributed by atoms with Crippen LogP contribution < -0.4 is 5.32 Å². The van der Waals surface area contributed by atoms with Gasteiger partial charge in [-0.2, -0.15) is 0 Å². The van der Waals surface area contributed by atoms with Crippen molar-refractivity contribution >= 4 is 11.9 Å². The topological polar surface area (TPSA) is 88.8 Å². The Morgan fingerprint density at radius 2 is 2.10 bits per heavy atom. The summed E-state index contributed by atoms with van der Waals surface area (Å²) in [4.78, 5) is 22.7. The van der Waals surface area contributed by atoms with Gasteiger partial charge >= 0.3 is 5.97 Å². The van der Waals surface area contributed by atoms with E-state index in [1.54, 1.807) is 0 Å². The number of carboxylic acid groups (broad SMARTS) is 1. The first-order chi connectivity index (χ1) is 9.36. The molecule has 1 aromatic heterocycles. The molecule has 0 aromatic carbocycles. The van der Waals surface area contributed by atoms with Crippen LogP contribution in [0.25, 0.3) is 0 Å². The first-order valence-corrected chi connectivity index (χ1v) is 6.61. The van der Waals surface area contributed by atoms with Gasteiger partial charge in [-0.3, -0.25) is 4.79 Å². The van der Waals surface area contributed by atoms with Crippen molar-refractivity contribution < 1.29 is 23.8 Å². The molecule has 20 heavy (non-hydrogen) atoms. The highest BCUT2D eigenvalue weighted by atomic mass is 16.5. The zero-order chi connectivity index (χ0) is 14.9. The predicted octanol–water partition coefficient (Wildman–Crippen LogP) is 1.91. The van der Waals surface area contributed by atoms with Crippen molar-refractivity contribution in [1.29, 1.82) is 0 Å². The van der Waals surface area contributed by atoms with Gasteiger partial charge in [-0.15, -0.1) is 0 Å². The van der Waals surface area contributed by atoms with Crippen molar-refractivity contribution in [1.82, 2.24) is 5.32 Å². The smallest absolute Gasteiger partial charge is 0.371 e. The third-order valence-corrected chi connectivity index (χ3v) is 3.89. The molecule has 1 aliphatic rings. The van der Waals surface area contributed by atoms with Crippen molar-refractivity contribution in [3.05, 3.63) is 23.7 Å². The Morgan fingerprint density at radius 1 is 1.45 bits per heavy atom. The van der Waals surface area contributed by atoms with Gasteiger partial charge in [0.1, 0.15) is 0 Å². The van der Waals surface area contributed by atoms with E-state index >= 15 is 0 Å². The van der Waals surface area contributed by atoms with Crippen molar-refractivity contribution in [2.45, 2.75) is 39.3 Å². The lowest BCUT2D eigenvalue weighted by Crippen LogP contribution is -2.62. The Balaban J connectivity index is 1.97. The van der Waals surface area contributed by atoms with Crippen molar-refractivity contribution in [3.63, 3.8) is 0 Å². The van der Waals surface area contributed by atoms with Crippen LogP contribution in [-0.4, -0.2) is 35.7 Å². The van der Waals surface area contributed by atoms with Crippen LogP contribution in [0.4, 0.5) is 0 Å². The van der Waals surface area contributed by atoms with Crippen LogP contribution in [-0.2, 0) is 4.74 Å². The quantitative estimate of drug-likeness (QED) is 0.860. The van der Waals surface area contributed by atoms with E-state index in [9.17, 15) is 9.59 Å². The van der Waals surface area contributed by atoms with Crippen molar-refractivity contribution in [2.24, 2.45) is 5.41 Å². The van der Waals surface area contributed by atoms with Crippen molar-refractivity contribution in [2.75, 3.05) is 6.61 Å². The molecule has 110 valence electrons. The summed E-state index contributed by atoms with van der Waals surface area (Å²) in [5.74, 6) is -1.82.